The summed E-state index contributed by atoms with van der Waals surface area (Å²) in [5.74, 6) is 0.520. The van der Waals surface area contributed by atoms with Crippen LogP contribution in [0.4, 0.5) is 0 Å². The van der Waals surface area contributed by atoms with E-state index in [0.717, 1.165) is 37.0 Å². The van der Waals surface area contributed by atoms with Crippen molar-refractivity contribution in [3.63, 3.8) is 0 Å². The van der Waals surface area contributed by atoms with E-state index in [9.17, 15) is 4.79 Å². The molecule has 3 heteroatoms. The molecule has 1 aromatic carbocycles. The Bertz CT molecular complexity index is 501. The number of ether oxygens (including phenoxy) is 1. The first-order valence-electron chi connectivity index (χ1n) is 6.79. The van der Waals surface area contributed by atoms with Gasteiger partial charge in [0.05, 0.1) is 6.10 Å². The topological polar surface area (TPSA) is 52.3 Å². The molecule has 1 atom stereocenters. The number of allylic oxidation sites excluding steroid dienone is 2. The second-order valence-corrected chi connectivity index (χ2v) is 5.32. The van der Waals surface area contributed by atoms with Gasteiger partial charge in [0.25, 0.3) is 0 Å². The Kier molecular flexibility index (Phi) is 4.25. The maximum atomic E-state index is 11.1. The number of carbonyl (C=O) groups is 1. The Morgan fingerprint density at radius 2 is 2.26 bits per heavy atom. The highest BCUT2D eigenvalue weighted by molar-refractivity contribution is 5.93. The number of hydrogen-bond donors (Lipinski definition) is 1. The van der Waals surface area contributed by atoms with Crippen molar-refractivity contribution in [1.29, 1.82) is 0 Å². The van der Waals surface area contributed by atoms with Gasteiger partial charge < -0.3 is 10.5 Å². The molecule has 102 valence electrons. The van der Waals surface area contributed by atoms with E-state index in [4.69, 9.17) is 10.5 Å². The van der Waals surface area contributed by atoms with Crippen molar-refractivity contribution >= 4 is 5.91 Å². The summed E-state index contributed by atoms with van der Waals surface area (Å²) in [6.07, 6.45) is 6.59. The van der Waals surface area contributed by atoms with Crippen LogP contribution in [0.3, 0.4) is 0 Å². The molecule has 1 unspecified atom stereocenters. The van der Waals surface area contributed by atoms with Gasteiger partial charge in [-0.2, -0.15) is 0 Å². The zero-order chi connectivity index (χ0) is 13.8. The summed E-state index contributed by atoms with van der Waals surface area (Å²) < 4.78 is 5.97. The molecule has 0 aliphatic carbocycles. The van der Waals surface area contributed by atoms with Crippen LogP contribution in [0.25, 0.3) is 0 Å². The first-order chi connectivity index (χ1) is 9.06. The summed E-state index contributed by atoms with van der Waals surface area (Å²) in [5.41, 5.74) is 8.28. The lowest BCUT2D eigenvalue weighted by atomic mass is 9.97. The lowest BCUT2D eigenvalue weighted by molar-refractivity contribution is 0.1000. The second kappa shape index (κ2) is 5.91. The minimum absolute atomic E-state index is 0.280. The Balaban J connectivity index is 2.00. The summed E-state index contributed by atoms with van der Waals surface area (Å²) in [6.45, 7) is 4.23. The smallest absolute Gasteiger partial charge is 0.248 e. The lowest BCUT2D eigenvalue weighted by Crippen LogP contribution is -2.23. The van der Waals surface area contributed by atoms with Gasteiger partial charge in [-0.25, -0.2) is 0 Å². The fourth-order valence-corrected chi connectivity index (χ4v) is 2.36. The van der Waals surface area contributed by atoms with Crippen LogP contribution < -0.4 is 10.5 Å². The monoisotopic (exact) mass is 259 g/mol. The van der Waals surface area contributed by atoms with Gasteiger partial charge in [-0.3, -0.25) is 4.79 Å². The molecule has 1 aliphatic heterocycles. The van der Waals surface area contributed by atoms with E-state index < -0.39 is 0 Å². The molecule has 3 nitrogen and oxygen atoms in total. The molecule has 1 amide bonds. The Morgan fingerprint density at radius 1 is 1.47 bits per heavy atom. The van der Waals surface area contributed by atoms with Gasteiger partial charge in [-0.05, 0) is 63.3 Å². The van der Waals surface area contributed by atoms with Crippen LogP contribution in [0, 0.1) is 0 Å². The summed E-state index contributed by atoms with van der Waals surface area (Å²) >= 11 is 0. The van der Waals surface area contributed by atoms with Crippen molar-refractivity contribution in [3.8, 4) is 5.75 Å². The minimum atomic E-state index is -0.381. The SMILES string of the molecule is CC(C)=CCCC1CCc2cc(C(N)=O)ccc2O1. The Morgan fingerprint density at radius 3 is 2.95 bits per heavy atom. The van der Waals surface area contributed by atoms with Crippen molar-refractivity contribution in [1.82, 2.24) is 0 Å². The second-order valence-electron chi connectivity index (χ2n) is 5.32. The Hall–Kier alpha value is -1.77. The number of hydrogen-bond acceptors (Lipinski definition) is 2. The van der Waals surface area contributed by atoms with Crippen molar-refractivity contribution < 1.29 is 9.53 Å². The molecule has 0 saturated heterocycles. The lowest BCUT2D eigenvalue weighted by Gasteiger charge is -2.26. The molecule has 19 heavy (non-hydrogen) atoms. The molecule has 2 N–H and O–H groups in total. The van der Waals surface area contributed by atoms with Gasteiger partial charge in [0.15, 0.2) is 0 Å². The predicted octanol–water partition coefficient (Wildman–Crippen LogP) is 3.23. The van der Waals surface area contributed by atoms with E-state index in [-0.39, 0.29) is 12.0 Å². The summed E-state index contributed by atoms with van der Waals surface area (Å²) in [7, 11) is 0. The molecule has 0 saturated carbocycles. The third-order valence-electron chi connectivity index (χ3n) is 3.42. The largest absolute Gasteiger partial charge is 0.490 e. The molecule has 2 rings (SSSR count). The minimum Gasteiger partial charge on any atom is -0.490 e. The van der Waals surface area contributed by atoms with E-state index in [1.54, 1.807) is 6.07 Å². The van der Waals surface area contributed by atoms with Crippen LogP contribution in [0.1, 0.15) is 49.0 Å². The van der Waals surface area contributed by atoms with E-state index in [0.29, 0.717) is 5.56 Å². The molecule has 0 aromatic heterocycles. The normalized spacial score (nSPS) is 17.3. The number of fused-ring (bicyclic) bond motifs is 1. The van der Waals surface area contributed by atoms with Crippen molar-refractivity contribution in [2.75, 3.05) is 0 Å². The van der Waals surface area contributed by atoms with Crippen LogP contribution in [0.2, 0.25) is 0 Å². The maximum Gasteiger partial charge on any atom is 0.248 e. The predicted molar refractivity (Wildman–Crippen MR) is 76.4 cm³/mol. The molecule has 1 aliphatic rings. The van der Waals surface area contributed by atoms with E-state index >= 15 is 0 Å². The van der Waals surface area contributed by atoms with Gasteiger partial charge in [0, 0.05) is 5.56 Å². The quantitative estimate of drug-likeness (QED) is 0.844. The van der Waals surface area contributed by atoms with Crippen LogP contribution in [0.5, 0.6) is 5.75 Å². The molecule has 0 fully saturated rings. The number of aryl methyl sites for hydroxylation is 1. The Labute approximate surface area is 114 Å². The highest BCUT2D eigenvalue weighted by atomic mass is 16.5. The maximum absolute atomic E-state index is 11.1. The number of rotatable bonds is 4. The van der Waals surface area contributed by atoms with E-state index in [1.165, 1.54) is 5.57 Å². The molecule has 0 radical (unpaired) electrons. The van der Waals surface area contributed by atoms with Gasteiger partial charge in [0.1, 0.15) is 5.75 Å². The first kappa shape index (κ1) is 13.7. The standard InChI is InChI=1S/C16H21NO2/c1-11(2)4-3-5-14-8-6-12-10-13(16(17)18)7-9-15(12)19-14/h4,7,9-10,14H,3,5-6,8H2,1-2H3,(H2,17,18). The average Bonchev–Trinajstić information content (AvgIpc) is 2.37. The molecule has 1 aromatic rings. The average molecular weight is 259 g/mol. The van der Waals surface area contributed by atoms with Gasteiger partial charge in [-0.1, -0.05) is 11.6 Å². The molecular weight excluding hydrogens is 238 g/mol. The van der Waals surface area contributed by atoms with Crippen molar-refractivity contribution in [2.24, 2.45) is 5.73 Å². The number of carbonyl (C=O) groups excluding carboxylic acids is 1. The zero-order valence-electron chi connectivity index (χ0n) is 11.6. The van der Waals surface area contributed by atoms with Gasteiger partial charge >= 0.3 is 0 Å². The highest BCUT2D eigenvalue weighted by Crippen LogP contribution is 2.30. The third kappa shape index (κ3) is 3.60. The van der Waals surface area contributed by atoms with Crippen LogP contribution in [-0.2, 0) is 6.42 Å². The molecule has 0 bridgehead atoms. The van der Waals surface area contributed by atoms with Gasteiger partial charge in [-0.15, -0.1) is 0 Å². The van der Waals surface area contributed by atoms with Gasteiger partial charge in [0.2, 0.25) is 5.91 Å². The number of amides is 1. The summed E-state index contributed by atoms with van der Waals surface area (Å²) in [5, 5.41) is 0. The zero-order valence-corrected chi connectivity index (χ0v) is 11.6. The van der Waals surface area contributed by atoms with Crippen LogP contribution >= 0.6 is 0 Å². The fourth-order valence-electron chi connectivity index (χ4n) is 2.36. The van der Waals surface area contributed by atoms with E-state index in [2.05, 4.69) is 19.9 Å². The van der Waals surface area contributed by atoms with Crippen molar-refractivity contribution in [2.45, 2.75) is 45.6 Å². The highest BCUT2D eigenvalue weighted by Gasteiger charge is 2.19. The number of primary amides is 1. The first-order valence-corrected chi connectivity index (χ1v) is 6.79. The van der Waals surface area contributed by atoms with Crippen LogP contribution in [0.15, 0.2) is 29.8 Å². The summed E-state index contributed by atoms with van der Waals surface area (Å²) in [4.78, 5) is 11.1. The number of benzene rings is 1. The van der Waals surface area contributed by atoms with E-state index in [1.807, 2.05) is 12.1 Å². The summed E-state index contributed by atoms with van der Waals surface area (Å²) in [6, 6.07) is 5.45. The third-order valence-corrected chi connectivity index (χ3v) is 3.42. The molecular formula is C16H21NO2. The molecule has 1 heterocycles. The number of nitrogens with two attached hydrogens (primary N) is 1. The van der Waals surface area contributed by atoms with Crippen LogP contribution in [-0.4, -0.2) is 12.0 Å². The fraction of sp³-hybridized carbons (Fsp3) is 0.438. The van der Waals surface area contributed by atoms with Crippen molar-refractivity contribution in [3.05, 3.63) is 41.0 Å². The molecule has 0 spiro atoms.